The van der Waals surface area contributed by atoms with E-state index in [1.165, 1.54) is 16.3 Å². The number of carboxylic acid groups (broad SMARTS) is 1. The number of hydrogen-bond acceptors (Lipinski definition) is 7. The highest BCUT2D eigenvalue weighted by Gasteiger charge is 2.37. The van der Waals surface area contributed by atoms with E-state index in [1.807, 2.05) is 24.3 Å². The summed E-state index contributed by atoms with van der Waals surface area (Å²) in [6.45, 7) is 0.980. The molecule has 0 aromatic heterocycles. The topological polar surface area (TPSA) is 108 Å². The van der Waals surface area contributed by atoms with Gasteiger partial charge in [0.05, 0.1) is 13.2 Å². The lowest BCUT2D eigenvalue weighted by molar-refractivity contribution is -0.183. The van der Waals surface area contributed by atoms with Crippen LogP contribution in [-0.4, -0.2) is 55.0 Å². The first kappa shape index (κ1) is 28.6. The van der Waals surface area contributed by atoms with Gasteiger partial charge in [0.25, 0.3) is 0 Å². The fraction of sp³-hybridized carbons (Fsp3) is 0.300. The van der Waals surface area contributed by atoms with Gasteiger partial charge >= 0.3 is 17.9 Å². The van der Waals surface area contributed by atoms with E-state index in [2.05, 4.69) is 30.3 Å². The summed E-state index contributed by atoms with van der Waals surface area (Å²) in [5.74, 6) is -3.12. The van der Waals surface area contributed by atoms with Crippen LogP contribution in [0.3, 0.4) is 0 Å². The maximum Gasteiger partial charge on any atom is 0.339 e. The summed E-state index contributed by atoms with van der Waals surface area (Å²) < 4.78 is 20.9. The second-order valence-electron chi connectivity index (χ2n) is 8.41. The molecule has 0 aliphatic rings. The number of carboxylic acids is 1. The molecule has 0 spiro atoms. The summed E-state index contributed by atoms with van der Waals surface area (Å²) in [6, 6.07) is 23.4. The van der Waals surface area contributed by atoms with E-state index >= 15 is 0 Å². The highest BCUT2D eigenvalue weighted by Crippen LogP contribution is 2.17. The molecule has 3 aromatic rings. The SMILES string of the molecule is CCOC(=O)CO[C@@H](C(=O)O)[C@@H](OCC=CCCc1ccc2ccccc2c1)C(=O)OCc1ccccc1. The van der Waals surface area contributed by atoms with Crippen molar-refractivity contribution in [1.29, 1.82) is 0 Å². The summed E-state index contributed by atoms with van der Waals surface area (Å²) in [6.07, 6.45) is 1.81. The van der Waals surface area contributed by atoms with E-state index in [4.69, 9.17) is 18.9 Å². The van der Waals surface area contributed by atoms with Crippen LogP contribution in [0.1, 0.15) is 24.5 Å². The van der Waals surface area contributed by atoms with E-state index in [9.17, 15) is 19.5 Å². The lowest BCUT2D eigenvalue weighted by Gasteiger charge is -2.22. The average Bonchev–Trinajstić information content (AvgIpc) is 2.93. The molecule has 38 heavy (non-hydrogen) atoms. The molecule has 3 aromatic carbocycles. The van der Waals surface area contributed by atoms with Crippen molar-refractivity contribution in [2.24, 2.45) is 0 Å². The Balaban J connectivity index is 1.58. The molecule has 0 aliphatic heterocycles. The van der Waals surface area contributed by atoms with Gasteiger partial charge in [-0.25, -0.2) is 14.4 Å². The number of rotatable bonds is 15. The molecule has 0 amide bonds. The number of aliphatic carboxylic acids is 1. The van der Waals surface area contributed by atoms with E-state index in [1.54, 1.807) is 37.3 Å². The van der Waals surface area contributed by atoms with Crippen LogP contribution < -0.4 is 0 Å². The van der Waals surface area contributed by atoms with Gasteiger partial charge in [0.1, 0.15) is 13.2 Å². The number of hydrogen-bond donors (Lipinski definition) is 1. The first-order chi connectivity index (χ1) is 18.5. The van der Waals surface area contributed by atoms with Gasteiger partial charge in [-0.1, -0.05) is 84.9 Å². The first-order valence-corrected chi connectivity index (χ1v) is 12.4. The molecule has 0 unspecified atom stereocenters. The minimum absolute atomic E-state index is 0.0463. The molecule has 3 rings (SSSR count). The zero-order valence-electron chi connectivity index (χ0n) is 21.3. The van der Waals surface area contributed by atoms with Crippen molar-refractivity contribution in [2.75, 3.05) is 19.8 Å². The van der Waals surface area contributed by atoms with Crippen molar-refractivity contribution in [3.8, 4) is 0 Å². The molecule has 1 N–H and O–H groups in total. The second kappa shape index (κ2) is 15.3. The Labute approximate surface area is 221 Å². The number of benzene rings is 3. The van der Waals surface area contributed by atoms with Crippen molar-refractivity contribution < 1.29 is 38.4 Å². The molecule has 0 aliphatic carbocycles. The molecule has 0 saturated carbocycles. The summed E-state index contributed by atoms with van der Waals surface area (Å²) in [7, 11) is 0. The number of carbonyl (C=O) groups excluding carboxylic acids is 2. The van der Waals surface area contributed by atoms with Crippen molar-refractivity contribution in [3.63, 3.8) is 0 Å². The van der Waals surface area contributed by atoms with Gasteiger partial charge in [0.2, 0.25) is 0 Å². The Hall–Kier alpha value is -4.01. The number of aryl methyl sites for hydroxylation is 1. The fourth-order valence-corrected chi connectivity index (χ4v) is 3.73. The molecule has 0 heterocycles. The third kappa shape index (κ3) is 9.14. The smallest absolute Gasteiger partial charge is 0.339 e. The fourth-order valence-electron chi connectivity index (χ4n) is 3.73. The summed E-state index contributed by atoms with van der Waals surface area (Å²) >= 11 is 0. The van der Waals surface area contributed by atoms with Crippen LogP contribution in [0.25, 0.3) is 10.8 Å². The van der Waals surface area contributed by atoms with Crippen LogP contribution >= 0.6 is 0 Å². The Morgan fingerprint density at radius 3 is 2.29 bits per heavy atom. The Morgan fingerprint density at radius 1 is 0.816 bits per heavy atom. The van der Waals surface area contributed by atoms with Crippen molar-refractivity contribution in [1.82, 2.24) is 0 Å². The predicted molar refractivity (Wildman–Crippen MR) is 141 cm³/mol. The zero-order chi connectivity index (χ0) is 27.2. The van der Waals surface area contributed by atoms with E-state index < -0.39 is 36.7 Å². The molecule has 200 valence electrons. The molecule has 8 heteroatoms. The number of fused-ring (bicyclic) bond motifs is 1. The lowest BCUT2D eigenvalue weighted by atomic mass is 10.0. The number of ether oxygens (including phenoxy) is 4. The van der Waals surface area contributed by atoms with Gasteiger partial charge in [-0.2, -0.15) is 0 Å². The standard InChI is InChI=1S/C30H32O8/c1-2-35-26(31)21-37-27(29(32)33)28(30(34)38-20-23-12-5-3-6-13-23)36-18-10-4-7-11-22-16-17-24-14-8-9-15-25(24)19-22/h3-6,8-10,12-17,19,27-28H,2,7,11,18,20-21H2,1H3,(H,32,33)/t27-,28-/m1/s1. The Bertz CT molecular complexity index is 1220. The van der Waals surface area contributed by atoms with Crippen molar-refractivity contribution >= 4 is 28.7 Å². The zero-order valence-corrected chi connectivity index (χ0v) is 21.3. The third-order valence-electron chi connectivity index (χ3n) is 5.61. The van der Waals surface area contributed by atoms with Gasteiger partial charge in [0.15, 0.2) is 12.2 Å². The lowest BCUT2D eigenvalue weighted by Crippen LogP contribution is -2.45. The average molecular weight is 521 g/mol. The van der Waals surface area contributed by atoms with Gasteiger partial charge < -0.3 is 24.1 Å². The van der Waals surface area contributed by atoms with Crippen LogP contribution in [0.2, 0.25) is 0 Å². The van der Waals surface area contributed by atoms with Crippen LogP contribution in [-0.2, 0) is 46.4 Å². The second-order valence-corrected chi connectivity index (χ2v) is 8.41. The molecule has 0 fully saturated rings. The first-order valence-electron chi connectivity index (χ1n) is 12.4. The van der Waals surface area contributed by atoms with Gasteiger partial charge in [-0.05, 0) is 41.7 Å². The summed E-state index contributed by atoms with van der Waals surface area (Å²) in [4.78, 5) is 36.4. The monoisotopic (exact) mass is 520 g/mol. The highest BCUT2D eigenvalue weighted by molar-refractivity contribution is 5.85. The minimum Gasteiger partial charge on any atom is -0.479 e. The quantitative estimate of drug-likeness (QED) is 0.231. The van der Waals surface area contributed by atoms with Crippen molar-refractivity contribution in [3.05, 3.63) is 96.1 Å². The van der Waals surface area contributed by atoms with Crippen LogP contribution in [0.4, 0.5) is 0 Å². The van der Waals surface area contributed by atoms with Crippen LogP contribution in [0.15, 0.2) is 84.9 Å². The molecular formula is C30H32O8. The normalized spacial score (nSPS) is 12.8. The number of carbonyl (C=O) groups is 3. The maximum atomic E-state index is 12.8. The largest absolute Gasteiger partial charge is 0.479 e. The molecule has 8 nitrogen and oxygen atoms in total. The van der Waals surface area contributed by atoms with Crippen molar-refractivity contribution in [2.45, 2.75) is 38.6 Å². The van der Waals surface area contributed by atoms with Crippen LogP contribution in [0, 0.1) is 0 Å². The molecule has 0 bridgehead atoms. The van der Waals surface area contributed by atoms with E-state index in [-0.39, 0.29) is 19.8 Å². The van der Waals surface area contributed by atoms with E-state index in [0.29, 0.717) is 0 Å². The summed E-state index contributed by atoms with van der Waals surface area (Å²) in [5, 5.41) is 12.0. The molecular weight excluding hydrogens is 488 g/mol. The van der Waals surface area contributed by atoms with Gasteiger partial charge in [-0.3, -0.25) is 0 Å². The number of allylic oxidation sites excluding steroid dienone is 1. The minimum atomic E-state index is -1.76. The third-order valence-corrected chi connectivity index (χ3v) is 5.61. The predicted octanol–water partition coefficient (Wildman–Crippen LogP) is 4.49. The van der Waals surface area contributed by atoms with Gasteiger partial charge in [-0.15, -0.1) is 0 Å². The molecule has 0 radical (unpaired) electrons. The van der Waals surface area contributed by atoms with Crippen LogP contribution in [0.5, 0.6) is 0 Å². The molecule has 0 saturated heterocycles. The highest BCUT2D eigenvalue weighted by atomic mass is 16.6. The summed E-state index contributed by atoms with van der Waals surface area (Å²) in [5.41, 5.74) is 1.92. The number of esters is 2. The molecule has 2 atom stereocenters. The van der Waals surface area contributed by atoms with E-state index in [0.717, 1.165) is 18.4 Å². The Kier molecular flexibility index (Phi) is 11.5. The maximum absolute atomic E-state index is 12.8. The van der Waals surface area contributed by atoms with Gasteiger partial charge in [0, 0.05) is 0 Å². The Morgan fingerprint density at radius 2 is 1.55 bits per heavy atom.